The van der Waals surface area contributed by atoms with Gasteiger partial charge in [0.2, 0.25) is 0 Å². The minimum Gasteiger partial charge on any atom is -0.481 e. The van der Waals surface area contributed by atoms with Crippen LogP contribution < -0.4 is 0 Å². The number of hydrogen-bond acceptors (Lipinski definition) is 4. The number of alkyl halides is 1. The largest absolute Gasteiger partial charge is 0.481 e. The second-order valence-electron chi connectivity index (χ2n) is 2.43. The van der Waals surface area contributed by atoms with Crippen LogP contribution in [0.2, 0.25) is 0 Å². The number of carboxylic acids is 1. The summed E-state index contributed by atoms with van der Waals surface area (Å²) in [5, 5.41) is 18.8. The highest BCUT2D eigenvalue weighted by Gasteiger charge is 2.09. The molecule has 13 heavy (non-hydrogen) atoms. The molecule has 1 aromatic heterocycles. The smallest absolute Gasteiger partial charge is 0.311 e. The van der Waals surface area contributed by atoms with Gasteiger partial charge in [0.25, 0.3) is 0 Å². The molecule has 0 fully saturated rings. The fourth-order valence-corrected chi connectivity index (χ4v) is 0.868. The quantitative estimate of drug-likeness (QED) is 0.683. The van der Waals surface area contributed by atoms with Gasteiger partial charge in [-0.05, 0) is 16.8 Å². The Morgan fingerprint density at radius 3 is 3.00 bits per heavy atom. The Kier molecular flexibility index (Phi) is 3.30. The molecule has 0 unspecified atom stereocenters. The third-order valence-electron chi connectivity index (χ3n) is 1.42. The number of hydrogen-bond donors (Lipinski definition) is 1. The van der Waals surface area contributed by atoms with Gasteiger partial charge in [-0.15, -0.1) is 5.10 Å². The molecule has 0 saturated carbocycles. The average molecular weight is 188 g/mol. The van der Waals surface area contributed by atoms with E-state index in [1.54, 1.807) is 0 Å². The Labute approximate surface area is 73.4 Å². The summed E-state index contributed by atoms with van der Waals surface area (Å²) in [6.07, 6.45) is 0.0525. The Bertz CT molecular complexity index is 288. The van der Waals surface area contributed by atoms with Crippen LogP contribution in [0.3, 0.4) is 0 Å². The van der Waals surface area contributed by atoms with Gasteiger partial charge in [0.15, 0.2) is 5.82 Å². The first-order valence-electron chi connectivity index (χ1n) is 3.77. The second-order valence-corrected chi connectivity index (χ2v) is 2.43. The molecule has 0 atom stereocenters. The number of nitrogens with zero attached hydrogens (tertiary/aromatic N) is 4. The fraction of sp³-hybridized carbons (Fsp3) is 0.667. The van der Waals surface area contributed by atoms with E-state index < -0.39 is 12.6 Å². The number of aryl methyl sites for hydroxylation is 1. The van der Waals surface area contributed by atoms with E-state index in [1.807, 2.05) is 0 Å². The molecule has 1 heterocycles. The van der Waals surface area contributed by atoms with Gasteiger partial charge >= 0.3 is 5.97 Å². The van der Waals surface area contributed by atoms with E-state index in [9.17, 15) is 9.18 Å². The van der Waals surface area contributed by atoms with Crippen molar-refractivity contribution < 1.29 is 14.3 Å². The first-order valence-corrected chi connectivity index (χ1v) is 3.77. The molecule has 0 radical (unpaired) electrons. The van der Waals surface area contributed by atoms with E-state index in [0.717, 1.165) is 0 Å². The molecule has 0 aromatic carbocycles. The predicted molar refractivity (Wildman–Crippen MR) is 39.7 cm³/mol. The summed E-state index contributed by atoms with van der Waals surface area (Å²) in [7, 11) is 0. The van der Waals surface area contributed by atoms with E-state index in [2.05, 4.69) is 15.5 Å². The van der Waals surface area contributed by atoms with Crippen LogP contribution in [-0.4, -0.2) is 38.0 Å². The number of halogens is 1. The molecule has 1 rings (SSSR count). The molecule has 7 heteroatoms. The molecule has 0 aliphatic carbocycles. The van der Waals surface area contributed by atoms with E-state index >= 15 is 0 Å². The molecule has 0 spiro atoms. The Hall–Kier alpha value is -1.53. The lowest BCUT2D eigenvalue weighted by Crippen LogP contribution is -2.11. The normalized spacial score (nSPS) is 10.2. The highest BCUT2D eigenvalue weighted by molar-refractivity contribution is 5.68. The van der Waals surface area contributed by atoms with Gasteiger partial charge in [-0.25, -0.2) is 4.68 Å². The molecule has 72 valence electrons. The maximum absolute atomic E-state index is 11.8. The summed E-state index contributed by atoms with van der Waals surface area (Å²) in [6.45, 7) is -0.154. The van der Waals surface area contributed by atoms with Crippen LogP contribution in [0.15, 0.2) is 0 Å². The monoisotopic (exact) mass is 188 g/mol. The Morgan fingerprint density at radius 2 is 2.38 bits per heavy atom. The molecule has 6 nitrogen and oxygen atoms in total. The average Bonchev–Trinajstić information content (AvgIpc) is 2.48. The molecule has 0 bridgehead atoms. The second kappa shape index (κ2) is 4.48. The van der Waals surface area contributed by atoms with E-state index in [4.69, 9.17) is 5.11 Å². The Morgan fingerprint density at radius 1 is 1.62 bits per heavy atom. The molecule has 0 saturated heterocycles. The van der Waals surface area contributed by atoms with Gasteiger partial charge < -0.3 is 5.11 Å². The lowest BCUT2D eigenvalue weighted by Gasteiger charge is -1.99. The standard InChI is InChI=1S/C6H9FN4O2/c7-2-1-3-11-5(4-6(12)13)8-9-10-11/h1-4H2,(H,12,13). The lowest BCUT2D eigenvalue weighted by molar-refractivity contribution is -0.136. The minimum atomic E-state index is -1.00. The zero-order valence-electron chi connectivity index (χ0n) is 6.85. The van der Waals surface area contributed by atoms with Crippen molar-refractivity contribution in [2.24, 2.45) is 0 Å². The fourth-order valence-electron chi connectivity index (χ4n) is 0.868. The van der Waals surface area contributed by atoms with Crippen molar-refractivity contribution >= 4 is 5.97 Å². The lowest BCUT2D eigenvalue weighted by atomic mass is 10.4. The highest BCUT2D eigenvalue weighted by atomic mass is 19.1. The Balaban J connectivity index is 2.60. The van der Waals surface area contributed by atoms with Gasteiger partial charge in [0.1, 0.15) is 6.42 Å². The topological polar surface area (TPSA) is 80.9 Å². The molecule has 0 aliphatic heterocycles. The van der Waals surface area contributed by atoms with Crippen molar-refractivity contribution in [2.75, 3.05) is 6.67 Å². The zero-order valence-corrected chi connectivity index (χ0v) is 6.85. The molecule has 1 N–H and O–H groups in total. The van der Waals surface area contributed by atoms with Gasteiger partial charge in [0, 0.05) is 6.54 Å². The summed E-state index contributed by atoms with van der Waals surface area (Å²) < 4.78 is 13.1. The third-order valence-corrected chi connectivity index (χ3v) is 1.42. The first-order chi connectivity index (χ1) is 6.24. The van der Waals surface area contributed by atoms with Crippen LogP contribution >= 0.6 is 0 Å². The number of aliphatic carboxylic acids is 1. The van der Waals surface area contributed by atoms with Gasteiger partial charge in [0.05, 0.1) is 6.67 Å². The van der Waals surface area contributed by atoms with Gasteiger partial charge in [-0.1, -0.05) is 0 Å². The number of carbonyl (C=O) groups is 1. The van der Waals surface area contributed by atoms with Crippen molar-refractivity contribution in [3.05, 3.63) is 5.82 Å². The van der Waals surface area contributed by atoms with Crippen LogP contribution in [0, 0.1) is 0 Å². The third kappa shape index (κ3) is 2.77. The molecule has 0 aliphatic rings. The van der Waals surface area contributed by atoms with Crippen LogP contribution in [0.25, 0.3) is 0 Å². The number of carboxylic acid groups (broad SMARTS) is 1. The van der Waals surface area contributed by atoms with Crippen molar-refractivity contribution in [1.82, 2.24) is 20.2 Å². The molecular formula is C6H9FN4O2. The molecule has 0 amide bonds. The highest BCUT2D eigenvalue weighted by Crippen LogP contribution is 1.96. The van der Waals surface area contributed by atoms with Gasteiger partial charge in [-0.3, -0.25) is 9.18 Å². The summed E-state index contributed by atoms with van der Waals surface area (Å²) in [5.74, 6) is -0.753. The van der Waals surface area contributed by atoms with E-state index in [0.29, 0.717) is 6.54 Å². The predicted octanol–water partition coefficient (Wildman–Crippen LogP) is -0.340. The van der Waals surface area contributed by atoms with Crippen LogP contribution in [-0.2, 0) is 17.8 Å². The van der Waals surface area contributed by atoms with Crippen LogP contribution in [0.1, 0.15) is 12.2 Å². The van der Waals surface area contributed by atoms with Crippen molar-refractivity contribution in [3.8, 4) is 0 Å². The number of aromatic nitrogens is 4. The molecule has 1 aromatic rings. The maximum Gasteiger partial charge on any atom is 0.311 e. The number of tetrazole rings is 1. The van der Waals surface area contributed by atoms with Crippen molar-refractivity contribution in [3.63, 3.8) is 0 Å². The maximum atomic E-state index is 11.8. The molecular weight excluding hydrogens is 179 g/mol. The minimum absolute atomic E-state index is 0.237. The summed E-state index contributed by atoms with van der Waals surface area (Å²) in [6, 6.07) is 0. The summed E-state index contributed by atoms with van der Waals surface area (Å²) in [5.41, 5.74) is 0. The zero-order chi connectivity index (χ0) is 9.68. The van der Waals surface area contributed by atoms with Crippen LogP contribution in [0.4, 0.5) is 4.39 Å². The first kappa shape index (κ1) is 9.56. The van der Waals surface area contributed by atoms with Crippen molar-refractivity contribution in [2.45, 2.75) is 19.4 Å². The van der Waals surface area contributed by atoms with E-state index in [1.165, 1.54) is 4.68 Å². The number of rotatable bonds is 5. The van der Waals surface area contributed by atoms with Gasteiger partial charge in [-0.2, -0.15) is 0 Å². The summed E-state index contributed by atoms with van der Waals surface area (Å²) >= 11 is 0. The SMILES string of the molecule is O=C(O)Cc1nnnn1CCCF. The van der Waals surface area contributed by atoms with Crippen LogP contribution in [0.5, 0.6) is 0 Å². The summed E-state index contributed by atoms with van der Waals surface area (Å²) in [4.78, 5) is 10.3. The van der Waals surface area contributed by atoms with Crippen molar-refractivity contribution in [1.29, 1.82) is 0 Å². The van der Waals surface area contributed by atoms with E-state index in [-0.39, 0.29) is 18.7 Å².